The van der Waals surface area contributed by atoms with Crippen molar-refractivity contribution in [2.45, 2.75) is 30.6 Å². The first kappa shape index (κ1) is 24.6. The van der Waals surface area contributed by atoms with Crippen molar-refractivity contribution >= 4 is 38.2 Å². The number of nitrogens with two attached hydrogens (primary N) is 2. The van der Waals surface area contributed by atoms with Crippen molar-refractivity contribution in [3.05, 3.63) is 82.7 Å². The van der Waals surface area contributed by atoms with Gasteiger partial charge in [0, 0.05) is 16.9 Å². The van der Waals surface area contributed by atoms with Gasteiger partial charge in [-0.05, 0) is 37.1 Å². The monoisotopic (exact) mass is 512 g/mol. The number of carboxylic acid groups (broad SMARTS) is 1. The van der Waals surface area contributed by atoms with Crippen LogP contribution in [0.15, 0.2) is 81.3 Å². The molecular weight excluding hydrogens is 488 g/mol. The van der Waals surface area contributed by atoms with Crippen LogP contribution in [-0.2, 0) is 10.0 Å². The first-order chi connectivity index (χ1) is 16.7. The van der Waals surface area contributed by atoms with Crippen LogP contribution in [0.4, 0.5) is 5.13 Å². The first-order valence-corrected chi connectivity index (χ1v) is 13.3. The minimum atomic E-state index is -3.85. The van der Waals surface area contributed by atoms with Gasteiger partial charge in [0.05, 0.1) is 10.6 Å². The van der Waals surface area contributed by atoms with Gasteiger partial charge in [0.25, 0.3) is 0 Å². The molecule has 3 aromatic rings. The molecule has 9 nitrogen and oxygen atoms in total. The Hall–Kier alpha value is -3.54. The first-order valence-electron chi connectivity index (χ1n) is 10.9. The highest BCUT2D eigenvalue weighted by Crippen LogP contribution is 2.33. The Bertz CT molecular complexity index is 1370. The lowest BCUT2D eigenvalue weighted by Crippen LogP contribution is -2.21. The van der Waals surface area contributed by atoms with Gasteiger partial charge in [-0.15, -0.1) is 11.3 Å². The number of sulfonamides is 1. The number of thiazole rings is 1. The van der Waals surface area contributed by atoms with Crippen molar-refractivity contribution in [3.63, 3.8) is 0 Å². The Morgan fingerprint density at radius 1 is 1.09 bits per heavy atom. The summed E-state index contributed by atoms with van der Waals surface area (Å²) in [6.07, 6.45) is 3.92. The Kier molecular flexibility index (Phi) is 7.29. The normalized spacial score (nSPS) is 15.6. The summed E-state index contributed by atoms with van der Waals surface area (Å²) in [6, 6.07) is 15.0. The number of carbonyl (C=O) groups is 1. The van der Waals surface area contributed by atoms with Crippen LogP contribution in [0.5, 0.6) is 5.75 Å². The molecule has 4 rings (SSSR count). The van der Waals surface area contributed by atoms with Crippen LogP contribution < -0.4 is 15.6 Å². The number of primary sulfonamides is 1. The quantitative estimate of drug-likeness (QED) is 0.303. The summed E-state index contributed by atoms with van der Waals surface area (Å²) >= 11 is 1.09. The van der Waals surface area contributed by atoms with Crippen molar-refractivity contribution in [2.24, 2.45) is 21.8 Å². The van der Waals surface area contributed by atoms with E-state index in [1.165, 1.54) is 29.6 Å². The van der Waals surface area contributed by atoms with E-state index in [2.05, 4.69) is 9.98 Å². The molecular formula is C24H24N4O5S2. The predicted molar refractivity (Wildman–Crippen MR) is 133 cm³/mol. The van der Waals surface area contributed by atoms with Crippen molar-refractivity contribution in [1.29, 1.82) is 0 Å². The van der Waals surface area contributed by atoms with Crippen LogP contribution in [0.3, 0.4) is 0 Å². The van der Waals surface area contributed by atoms with Crippen LogP contribution in [0, 0.1) is 5.92 Å². The number of aliphatic imine (C=N–C) groups is 1. The van der Waals surface area contributed by atoms with Gasteiger partial charge in [-0.3, -0.25) is 0 Å². The molecule has 182 valence electrons. The van der Waals surface area contributed by atoms with Crippen molar-refractivity contribution in [2.75, 3.05) is 0 Å². The SMILES string of the molecule is NC(=C(Oc1ccc(S(N)(=O)=O)cc1)C(=Nc1nc(C(=O)O)cs1)c1ccccc1)C1CCCC1. The number of ether oxygens (including phenoxy) is 1. The highest BCUT2D eigenvalue weighted by molar-refractivity contribution is 7.89. The van der Waals surface area contributed by atoms with Gasteiger partial charge >= 0.3 is 5.97 Å². The minimum Gasteiger partial charge on any atom is -0.476 e. The van der Waals surface area contributed by atoms with Gasteiger partial charge in [-0.2, -0.15) is 0 Å². The summed E-state index contributed by atoms with van der Waals surface area (Å²) in [5.74, 6) is -0.384. The van der Waals surface area contributed by atoms with E-state index < -0.39 is 16.0 Å². The molecule has 1 saturated carbocycles. The Morgan fingerprint density at radius 2 is 1.74 bits per heavy atom. The number of nitrogens with zero attached hydrogens (tertiary/aromatic N) is 2. The summed E-state index contributed by atoms with van der Waals surface area (Å²) in [4.78, 5) is 20.0. The largest absolute Gasteiger partial charge is 0.476 e. The Labute approximate surface area is 206 Å². The number of aromatic carboxylic acids is 1. The van der Waals surface area contributed by atoms with E-state index in [1.54, 1.807) is 0 Å². The number of hydrogen-bond donors (Lipinski definition) is 3. The molecule has 0 unspecified atom stereocenters. The molecule has 1 heterocycles. The lowest BCUT2D eigenvalue weighted by molar-refractivity contribution is 0.0691. The molecule has 1 aromatic heterocycles. The zero-order valence-corrected chi connectivity index (χ0v) is 20.3. The maximum absolute atomic E-state index is 11.6. The topological polar surface area (TPSA) is 158 Å². The van der Waals surface area contributed by atoms with Crippen LogP contribution in [0.2, 0.25) is 0 Å². The molecule has 1 aliphatic rings. The molecule has 35 heavy (non-hydrogen) atoms. The number of aromatic nitrogens is 1. The Morgan fingerprint density at radius 3 is 2.31 bits per heavy atom. The second-order valence-electron chi connectivity index (χ2n) is 8.03. The van der Waals surface area contributed by atoms with Crippen LogP contribution in [0.1, 0.15) is 41.7 Å². The number of carboxylic acids is 1. The lowest BCUT2D eigenvalue weighted by atomic mass is 9.99. The van der Waals surface area contributed by atoms with Gasteiger partial charge in [0.15, 0.2) is 11.5 Å². The molecule has 1 aliphatic carbocycles. The van der Waals surface area contributed by atoms with E-state index >= 15 is 0 Å². The van der Waals surface area contributed by atoms with E-state index in [1.807, 2.05) is 30.3 Å². The smallest absolute Gasteiger partial charge is 0.355 e. The van der Waals surface area contributed by atoms with E-state index in [0.29, 0.717) is 28.5 Å². The molecule has 0 radical (unpaired) electrons. The fourth-order valence-electron chi connectivity index (χ4n) is 3.83. The van der Waals surface area contributed by atoms with Crippen molar-refractivity contribution in [3.8, 4) is 5.75 Å². The second kappa shape index (κ2) is 10.4. The fraction of sp³-hybridized carbons (Fsp3) is 0.208. The van der Waals surface area contributed by atoms with Crippen LogP contribution in [-0.4, -0.2) is 30.2 Å². The molecule has 0 atom stereocenters. The fourth-order valence-corrected chi connectivity index (χ4v) is 5.01. The lowest BCUT2D eigenvalue weighted by Gasteiger charge is -2.19. The number of rotatable bonds is 8. The maximum atomic E-state index is 11.6. The average Bonchev–Trinajstić information content (AvgIpc) is 3.54. The molecule has 0 bridgehead atoms. The van der Waals surface area contributed by atoms with Gasteiger partial charge in [-0.25, -0.2) is 28.3 Å². The van der Waals surface area contributed by atoms with Gasteiger partial charge < -0.3 is 15.6 Å². The second-order valence-corrected chi connectivity index (χ2v) is 10.4. The third-order valence-electron chi connectivity index (χ3n) is 5.61. The molecule has 2 aromatic carbocycles. The molecule has 0 aliphatic heterocycles. The summed E-state index contributed by atoms with van der Waals surface area (Å²) < 4.78 is 29.5. The summed E-state index contributed by atoms with van der Waals surface area (Å²) in [7, 11) is -3.85. The van der Waals surface area contributed by atoms with E-state index in [4.69, 9.17) is 15.6 Å². The standard InChI is InChI=1S/C24H24N4O5S2/c25-20(15-6-4-5-7-15)22(33-17-10-12-18(13-11-17)35(26,31)32)21(16-8-2-1-3-9-16)28-24-27-19(14-34-24)23(29)30/h1-3,8-15H,4-7,25H2,(H,29,30)(H2,26,31,32). The zero-order chi connectivity index (χ0) is 25.0. The molecule has 11 heteroatoms. The van der Waals surface area contributed by atoms with E-state index in [-0.39, 0.29) is 21.6 Å². The van der Waals surface area contributed by atoms with Crippen molar-refractivity contribution < 1.29 is 23.1 Å². The number of allylic oxidation sites excluding steroid dienone is 2. The molecule has 0 amide bonds. The summed E-state index contributed by atoms with van der Waals surface area (Å²) in [6.45, 7) is 0. The predicted octanol–water partition coefficient (Wildman–Crippen LogP) is 4.05. The van der Waals surface area contributed by atoms with E-state index in [9.17, 15) is 18.3 Å². The maximum Gasteiger partial charge on any atom is 0.355 e. The third kappa shape index (κ3) is 5.94. The molecule has 5 N–H and O–H groups in total. The average molecular weight is 513 g/mol. The summed E-state index contributed by atoms with van der Waals surface area (Å²) in [5.41, 5.74) is 8.19. The van der Waals surface area contributed by atoms with Gasteiger partial charge in [0.2, 0.25) is 15.2 Å². The molecule has 0 saturated heterocycles. The number of hydrogen-bond acceptors (Lipinski definition) is 8. The Balaban J connectivity index is 1.84. The van der Waals surface area contributed by atoms with Crippen LogP contribution >= 0.6 is 11.3 Å². The minimum absolute atomic E-state index is 0.0416. The summed E-state index contributed by atoms with van der Waals surface area (Å²) in [5, 5.41) is 16.1. The highest BCUT2D eigenvalue weighted by Gasteiger charge is 2.26. The molecule has 0 spiro atoms. The van der Waals surface area contributed by atoms with Gasteiger partial charge in [-0.1, -0.05) is 43.2 Å². The number of benzene rings is 2. The van der Waals surface area contributed by atoms with Crippen molar-refractivity contribution in [1.82, 2.24) is 4.98 Å². The van der Waals surface area contributed by atoms with Crippen LogP contribution in [0.25, 0.3) is 0 Å². The zero-order valence-electron chi connectivity index (χ0n) is 18.6. The van der Waals surface area contributed by atoms with Gasteiger partial charge in [0.1, 0.15) is 11.5 Å². The highest BCUT2D eigenvalue weighted by atomic mass is 32.2. The molecule has 1 fully saturated rings. The third-order valence-corrected chi connectivity index (χ3v) is 7.27. The van der Waals surface area contributed by atoms with E-state index in [0.717, 1.165) is 37.0 Å².